The normalized spacial score (nSPS) is 17.9. The molecule has 0 aromatic heterocycles. The minimum Gasteiger partial charge on any atom is -0.454 e. The van der Waals surface area contributed by atoms with E-state index in [-0.39, 0.29) is 12.8 Å². The quantitative estimate of drug-likeness (QED) is 0.558. The summed E-state index contributed by atoms with van der Waals surface area (Å²) in [5.41, 5.74) is 4.46. The molecule has 4 nitrogen and oxygen atoms in total. The lowest BCUT2D eigenvalue weighted by molar-refractivity contribution is 0.174. The van der Waals surface area contributed by atoms with Crippen LogP contribution < -0.4 is 14.5 Å². The summed E-state index contributed by atoms with van der Waals surface area (Å²) in [4.78, 5) is 0. The summed E-state index contributed by atoms with van der Waals surface area (Å²) < 4.78 is 12.1. The number of hydrazone groups is 1. The molecule has 2 aliphatic rings. The van der Waals surface area contributed by atoms with Gasteiger partial charge < -0.3 is 9.47 Å². The predicted octanol–water partition coefficient (Wildman–Crippen LogP) is 5.53. The number of hydrogen-bond donors (Lipinski definition) is 0. The smallest absolute Gasteiger partial charge is 0.231 e. The molecule has 3 aromatic rings. The maximum atomic E-state index is 5.58. The third kappa shape index (κ3) is 3.08. The molecule has 0 bridgehead atoms. The van der Waals surface area contributed by atoms with E-state index in [1.807, 2.05) is 24.3 Å². The van der Waals surface area contributed by atoms with Crippen molar-refractivity contribution in [3.8, 4) is 11.5 Å². The van der Waals surface area contributed by atoms with Crippen LogP contribution in [0.2, 0.25) is 0 Å². The zero-order valence-corrected chi connectivity index (χ0v) is 16.1. The first-order chi connectivity index (χ1) is 13.3. The molecule has 1 atom stereocenters. The summed E-state index contributed by atoms with van der Waals surface area (Å²) in [6, 6.07) is 24.9. The summed E-state index contributed by atoms with van der Waals surface area (Å²) in [6.07, 6.45) is 0.830. The maximum absolute atomic E-state index is 5.58. The molecule has 0 amide bonds. The highest BCUT2D eigenvalue weighted by molar-refractivity contribution is 9.10. The molecular weight excluding hydrogens is 404 g/mol. The molecule has 134 valence electrons. The number of para-hydroxylation sites is 1. The van der Waals surface area contributed by atoms with Crippen LogP contribution in [-0.4, -0.2) is 12.5 Å². The first kappa shape index (κ1) is 16.4. The van der Waals surface area contributed by atoms with Crippen LogP contribution in [0.15, 0.2) is 82.4 Å². The third-order valence-corrected chi connectivity index (χ3v) is 5.42. The van der Waals surface area contributed by atoms with Gasteiger partial charge in [0.1, 0.15) is 0 Å². The van der Waals surface area contributed by atoms with Gasteiger partial charge in [-0.15, -0.1) is 0 Å². The van der Waals surface area contributed by atoms with Gasteiger partial charge in [0.25, 0.3) is 0 Å². The Hall–Kier alpha value is -2.79. The largest absolute Gasteiger partial charge is 0.454 e. The van der Waals surface area contributed by atoms with Gasteiger partial charge in [0.05, 0.1) is 17.4 Å². The van der Waals surface area contributed by atoms with Crippen LogP contribution in [0, 0.1) is 0 Å². The fraction of sp³-hybridized carbons (Fsp3) is 0.136. The average Bonchev–Trinajstić information content (AvgIpc) is 3.36. The van der Waals surface area contributed by atoms with Crippen LogP contribution in [0.1, 0.15) is 23.6 Å². The highest BCUT2D eigenvalue weighted by Crippen LogP contribution is 2.41. The lowest BCUT2D eigenvalue weighted by Crippen LogP contribution is -2.18. The molecule has 5 rings (SSSR count). The van der Waals surface area contributed by atoms with Crippen molar-refractivity contribution in [2.45, 2.75) is 12.5 Å². The van der Waals surface area contributed by atoms with Crippen molar-refractivity contribution in [1.82, 2.24) is 0 Å². The SMILES string of the molecule is Brc1ccc(C2=NN(c3ccccc3)C(c3ccc4c(c3)OCO4)C2)cc1. The van der Waals surface area contributed by atoms with Crippen molar-refractivity contribution in [3.63, 3.8) is 0 Å². The zero-order valence-electron chi connectivity index (χ0n) is 14.5. The van der Waals surface area contributed by atoms with Gasteiger partial charge in [0, 0.05) is 10.9 Å². The van der Waals surface area contributed by atoms with Crippen LogP contribution in [0.3, 0.4) is 0 Å². The minimum absolute atomic E-state index is 0.112. The van der Waals surface area contributed by atoms with Crippen molar-refractivity contribution < 1.29 is 9.47 Å². The molecule has 0 spiro atoms. The molecule has 5 heteroatoms. The molecule has 0 saturated carbocycles. The van der Waals surface area contributed by atoms with E-state index < -0.39 is 0 Å². The molecule has 2 heterocycles. The van der Waals surface area contributed by atoms with Crippen molar-refractivity contribution in [3.05, 3.63) is 88.4 Å². The summed E-state index contributed by atoms with van der Waals surface area (Å²) >= 11 is 3.50. The standard InChI is InChI=1S/C22H17BrN2O2/c23-17-9-6-15(7-10-17)19-13-20(25(24-19)18-4-2-1-3-5-18)16-8-11-21-22(12-16)27-14-26-21/h1-12,20H,13-14H2. The Morgan fingerprint density at radius 2 is 1.67 bits per heavy atom. The summed E-state index contributed by atoms with van der Waals surface area (Å²) in [6.45, 7) is 0.284. The van der Waals surface area contributed by atoms with E-state index in [0.29, 0.717) is 0 Å². The second-order valence-electron chi connectivity index (χ2n) is 6.57. The van der Waals surface area contributed by atoms with Crippen LogP contribution >= 0.6 is 15.9 Å². The Bertz CT molecular complexity index is 1000. The molecule has 0 aliphatic carbocycles. The topological polar surface area (TPSA) is 34.1 Å². The molecule has 2 aliphatic heterocycles. The van der Waals surface area contributed by atoms with Crippen molar-refractivity contribution in [2.24, 2.45) is 5.10 Å². The highest BCUT2D eigenvalue weighted by Gasteiger charge is 2.31. The fourth-order valence-electron chi connectivity index (χ4n) is 3.53. The monoisotopic (exact) mass is 420 g/mol. The van der Waals surface area contributed by atoms with E-state index in [1.54, 1.807) is 0 Å². The first-order valence-corrected chi connectivity index (χ1v) is 9.64. The van der Waals surface area contributed by atoms with Gasteiger partial charge in [0.15, 0.2) is 11.5 Å². The maximum Gasteiger partial charge on any atom is 0.231 e. The van der Waals surface area contributed by atoms with E-state index in [0.717, 1.165) is 39.4 Å². The average molecular weight is 421 g/mol. The molecule has 27 heavy (non-hydrogen) atoms. The molecule has 1 unspecified atom stereocenters. The zero-order chi connectivity index (χ0) is 18.2. The van der Waals surface area contributed by atoms with E-state index in [2.05, 4.69) is 69.5 Å². The lowest BCUT2D eigenvalue weighted by atomic mass is 9.98. The number of hydrogen-bond acceptors (Lipinski definition) is 4. The number of fused-ring (bicyclic) bond motifs is 1. The minimum atomic E-state index is 0.112. The van der Waals surface area contributed by atoms with Crippen LogP contribution in [0.5, 0.6) is 11.5 Å². The Morgan fingerprint density at radius 1 is 0.889 bits per heavy atom. The summed E-state index contributed by atoms with van der Waals surface area (Å²) in [7, 11) is 0. The van der Waals surface area contributed by atoms with Gasteiger partial charge in [-0.05, 0) is 47.5 Å². The molecule has 0 radical (unpaired) electrons. The molecule has 3 aromatic carbocycles. The molecule has 0 N–H and O–H groups in total. The molecule has 0 saturated heterocycles. The summed E-state index contributed by atoms with van der Waals surface area (Å²) in [5.74, 6) is 1.61. The lowest BCUT2D eigenvalue weighted by Gasteiger charge is -2.24. The Kier molecular flexibility index (Phi) is 4.09. The second-order valence-corrected chi connectivity index (χ2v) is 7.48. The van der Waals surface area contributed by atoms with Gasteiger partial charge >= 0.3 is 0 Å². The van der Waals surface area contributed by atoms with Crippen LogP contribution in [-0.2, 0) is 0 Å². The van der Waals surface area contributed by atoms with Gasteiger partial charge in [-0.25, -0.2) is 0 Å². The van der Waals surface area contributed by atoms with E-state index in [4.69, 9.17) is 14.6 Å². The highest BCUT2D eigenvalue weighted by atomic mass is 79.9. The van der Waals surface area contributed by atoms with Crippen molar-refractivity contribution >= 4 is 27.3 Å². The van der Waals surface area contributed by atoms with E-state index >= 15 is 0 Å². The van der Waals surface area contributed by atoms with E-state index in [9.17, 15) is 0 Å². The second kappa shape index (κ2) is 6.74. The third-order valence-electron chi connectivity index (χ3n) is 4.89. The van der Waals surface area contributed by atoms with Gasteiger partial charge in [-0.1, -0.05) is 52.3 Å². The number of ether oxygens (including phenoxy) is 2. The van der Waals surface area contributed by atoms with Crippen LogP contribution in [0.25, 0.3) is 0 Å². The number of benzene rings is 3. The predicted molar refractivity (Wildman–Crippen MR) is 110 cm³/mol. The molecular formula is C22H17BrN2O2. The first-order valence-electron chi connectivity index (χ1n) is 8.85. The van der Waals surface area contributed by atoms with Gasteiger partial charge in [-0.3, -0.25) is 5.01 Å². The van der Waals surface area contributed by atoms with Crippen molar-refractivity contribution in [2.75, 3.05) is 11.8 Å². The van der Waals surface area contributed by atoms with Crippen molar-refractivity contribution in [1.29, 1.82) is 0 Å². The van der Waals surface area contributed by atoms with Gasteiger partial charge in [0.2, 0.25) is 6.79 Å². The molecule has 0 fully saturated rings. The summed E-state index contributed by atoms with van der Waals surface area (Å²) in [5, 5.41) is 7.08. The van der Waals surface area contributed by atoms with E-state index in [1.165, 1.54) is 5.56 Å². The Balaban J connectivity index is 1.55. The number of nitrogens with zero attached hydrogens (tertiary/aromatic N) is 2. The van der Waals surface area contributed by atoms with Gasteiger partial charge in [-0.2, -0.15) is 5.10 Å². The number of anilines is 1. The number of rotatable bonds is 3. The van der Waals surface area contributed by atoms with Crippen LogP contribution in [0.4, 0.5) is 5.69 Å². The Morgan fingerprint density at radius 3 is 2.48 bits per heavy atom. The number of halogens is 1. The Labute approximate surface area is 166 Å². The fourth-order valence-corrected chi connectivity index (χ4v) is 3.79.